The lowest BCUT2D eigenvalue weighted by Gasteiger charge is -2.09. The molecule has 0 aliphatic heterocycles. The van der Waals surface area contributed by atoms with Crippen molar-refractivity contribution in [1.29, 1.82) is 10.5 Å². The Bertz CT molecular complexity index is 656. The van der Waals surface area contributed by atoms with E-state index < -0.39 is 46.1 Å². The Balaban J connectivity index is 3.46. The van der Waals surface area contributed by atoms with Crippen molar-refractivity contribution >= 4 is 17.3 Å². The first-order valence-corrected chi connectivity index (χ1v) is 4.64. The van der Waals surface area contributed by atoms with Crippen molar-refractivity contribution in [2.24, 2.45) is 10.8 Å². The molecule has 0 saturated carbocycles. The van der Waals surface area contributed by atoms with Gasteiger partial charge in [0.1, 0.15) is 23.4 Å². The van der Waals surface area contributed by atoms with Crippen LogP contribution in [0.4, 0.5) is 23.2 Å². The van der Waals surface area contributed by atoms with Crippen LogP contribution in [0.5, 0.6) is 0 Å². The SMILES string of the molecule is N#CC(C#N)=NNc1c(F)c(F)c(C(N)=O)c(F)c1F. The van der Waals surface area contributed by atoms with Crippen molar-refractivity contribution in [1.82, 2.24) is 0 Å². The van der Waals surface area contributed by atoms with E-state index >= 15 is 0 Å². The quantitative estimate of drug-likeness (QED) is 0.375. The summed E-state index contributed by atoms with van der Waals surface area (Å²) in [6.45, 7) is 0. The molecule has 1 aromatic rings. The summed E-state index contributed by atoms with van der Waals surface area (Å²) in [4.78, 5) is 10.7. The smallest absolute Gasteiger partial charge is 0.254 e. The standard InChI is InChI=1S/C10H3F4N5O/c11-5-4(10(17)20)6(12)8(14)9(7(5)13)19-18-3(1-15)2-16/h19H,(H2,17,20). The van der Waals surface area contributed by atoms with E-state index in [-0.39, 0.29) is 0 Å². The van der Waals surface area contributed by atoms with Crippen LogP contribution in [0.15, 0.2) is 5.10 Å². The first kappa shape index (κ1) is 14.9. The summed E-state index contributed by atoms with van der Waals surface area (Å²) in [5.74, 6) is -9.70. The molecular weight excluding hydrogens is 282 g/mol. The monoisotopic (exact) mass is 285 g/mol. The summed E-state index contributed by atoms with van der Waals surface area (Å²) < 4.78 is 53.6. The number of anilines is 1. The molecule has 3 N–H and O–H groups in total. The van der Waals surface area contributed by atoms with Gasteiger partial charge in [0.25, 0.3) is 5.91 Å². The molecule has 0 radical (unpaired) electrons. The van der Waals surface area contributed by atoms with Crippen LogP contribution in [0.2, 0.25) is 0 Å². The topological polar surface area (TPSA) is 115 Å². The van der Waals surface area contributed by atoms with Crippen LogP contribution in [0.25, 0.3) is 0 Å². The maximum absolute atomic E-state index is 13.4. The highest BCUT2D eigenvalue weighted by Gasteiger charge is 2.28. The van der Waals surface area contributed by atoms with E-state index in [1.165, 1.54) is 17.6 Å². The molecule has 1 amide bonds. The third kappa shape index (κ3) is 2.49. The van der Waals surface area contributed by atoms with E-state index in [0.29, 0.717) is 0 Å². The van der Waals surface area contributed by atoms with E-state index in [4.69, 9.17) is 10.5 Å². The number of halogens is 4. The van der Waals surface area contributed by atoms with Gasteiger partial charge in [-0.05, 0) is 0 Å². The van der Waals surface area contributed by atoms with Crippen molar-refractivity contribution in [3.05, 3.63) is 28.8 Å². The summed E-state index contributed by atoms with van der Waals surface area (Å²) in [5.41, 5.74) is 2.23. The highest BCUT2D eigenvalue weighted by molar-refractivity contribution is 6.10. The van der Waals surface area contributed by atoms with E-state index in [2.05, 4.69) is 10.8 Å². The number of nitrogens with two attached hydrogens (primary N) is 1. The first-order chi connectivity index (χ1) is 9.34. The number of benzene rings is 1. The Morgan fingerprint density at radius 3 is 1.85 bits per heavy atom. The van der Waals surface area contributed by atoms with E-state index in [1.807, 2.05) is 0 Å². The Labute approximate surface area is 108 Å². The van der Waals surface area contributed by atoms with Crippen LogP contribution >= 0.6 is 0 Å². The summed E-state index contributed by atoms with van der Waals surface area (Å²) in [6.07, 6.45) is 0. The third-order valence-corrected chi connectivity index (χ3v) is 2.00. The fourth-order valence-electron chi connectivity index (χ4n) is 1.13. The van der Waals surface area contributed by atoms with E-state index in [9.17, 15) is 22.4 Å². The molecule has 0 aromatic heterocycles. The van der Waals surface area contributed by atoms with Crippen LogP contribution in [0.3, 0.4) is 0 Å². The molecule has 1 aromatic carbocycles. The van der Waals surface area contributed by atoms with E-state index in [0.717, 1.165) is 0 Å². The van der Waals surface area contributed by atoms with Gasteiger partial charge in [0.05, 0.1) is 0 Å². The average molecular weight is 285 g/mol. The Kier molecular flexibility index (Phi) is 4.23. The minimum Gasteiger partial charge on any atom is -0.365 e. The number of rotatable bonds is 3. The molecule has 1 rings (SSSR count). The number of hydrogen-bond donors (Lipinski definition) is 2. The number of hydrogen-bond acceptors (Lipinski definition) is 5. The Morgan fingerprint density at radius 2 is 1.50 bits per heavy atom. The lowest BCUT2D eigenvalue weighted by atomic mass is 10.1. The summed E-state index contributed by atoms with van der Waals surface area (Å²) in [6, 6.07) is 2.48. The molecule has 0 aliphatic carbocycles. The number of nitrogens with one attached hydrogen (secondary N) is 1. The van der Waals surface area contributed by atoms with Crippen molar-refractivity contribution in [3.63, 3.8) is 0 Å². The molecule has 0 atom stereocenters. The van der Waals surface area contributed by atoms with Gasteiger partial charge in [-0.2, -0.15) is 15.6 Å². The Hall–Kier alpha value is -3.14. The molecule has 0 heterocycles. The highest BCUT2D eigenvalue weighted by Crippen LogP contribution is 2.27. The lowest BCUT2D eigenvalue weighted by molar-refractivity contribution is 0.0990. The van der Waals surface area contributed by atoms with Gasteiger partial charge in [0, 0.05) is 0 Å². The van der Waals surface area contributed by atoms with Crippen molar-refractivity contribution < 1.29 is 22.4 Å². The van der Waals surface area contributed by atoms with Crippen LogP contribution in [-0.4, -0.2) is 11.6 Å². The van der Waals surface area contributed by atoms with Crippen molar-refractivity contribution in [2.45, 2.75) is 0 Å². The maximum Gasteiger partial charge on any atom is 0.254 e. The van der Waals surface area contributed by atoms with Crippen molar-refractivity contribution in [3.8, 4) is 12.1 Å². The van der Waals surface area contributed by atoms with Crippen molar-refractivity contribution in [2.75, 3.05) is 5.43 Å². The van der Waals surface area contributed by atoms with Gasteiger partial charge in [0.2, 0.25) is 5.71 Å². The highest BCUT2D eigenvalue weighted by atomic mass is 19.2. The first-order valence-electron chi connectivity index (χ1n) is 4.64. The number of nitrogens with zero attached hydrogens (tertiary/aromatic N) is 3. The normalized spacial score (nSPS) is 9.30. The second-order valence-electron chi connectivity index (χ2n) is 3.17. The minimum absolute atomic E-state index is 0.844. The second kappa shape index (κ2) is 5.67. The summed E-state index contributed by atoms with van der Waals surface area (Å²) in [5, 5.41) is 19.6. The molecule has 0 fully saturated rings. The molecule has 102 valence electrons. The fourth-order valence-corrected chi connectivity index (χ4v) is 1.13. The fraction of sp³-hybridized carbons (Fsp3) is 0. The minimum atomic E-state index is -2.02. The van der Waals surface area contributed by atoms with Gasteiger partial charge < -0.3 is 5.73 Å². The molecule has 20 heavy (non-hydrogen) atoms. The Morgan fingerprint density at radius 1 is 1.05 bits per heavy atom. The summed E-state index contributed by atoms with van der Waals surface area (Å²) in [7, 11) is 0. The number of nitriles is 2. The van der Waals surface area contributed by atoms with Crippen LogP contribution < -0.4 is 11.2 Å². The molecule has 0 bridgehead atoms. The molecule has 6 nitrogen and oxygen atoms in total. The number of primary amides is 1. The number of carbonyl (C=O) groups excluding carboxylic acids is 1. The number of hydrazone groups is 1. The second-order valence-corrected chi connectivity index (χ2v) is 3.17. The zero-order valence-corrected chi connectivity index (χ0v) is 9.34. The molecule has 0 aliphatic rings. The zero-order chi connectivity index (χ0) is 15.4. The van der Waals surface area contributed by atoms with Crippen LogP contribution in [0, 0.1) is 45.9 Å². The molecule has 0 saturated heterocycles. The molecule has 10 heteroatoms. The van der Waals surface area contributed by atoms with Gasteiger partial charge in [-0.1, -0.05) is 0 Å². The van der Waals surface area contributed by atoms with Gasteiger partial charge in [-0.25, -0.2) is 17.6 Å². The lowest BCUT2D eigenvalue weighted by Crippen LogP contribution is -2.19. The molecule has 0 spiro atoms. The predicted octanol–water partition coefficient (Wildman–Crippen LogP) is 1.16. The molecule has 0 unspecified atom stereocenters. The van der Waals surface area contributed by atoms with Gasteiger partial charge in [-0.3, -0.25) is 10.2 Å². The number of amides is 1. The average Bonchev–Trinajstić information content (AvgIpc) is 2.40. The van der Waals surface area contributed by atoms with Crippen LogP contribution in [-0.2, 0) is 0 Å². The van der Waals surface area contributed by atoms with Gasteiger partial charge >= 0.3 is 0 Å². The third-order valence-electron chi connectivity index (χ3n) is 2.00. The zero-order valence-electron chi connectivity index (χ0n) is 9.34. The predicted molar refractivity (Wildman–Crippen MR) is 57.1 cm³/mol. The summed E-state index contributed by atoms with van der Waals surface area (Å²) >= 11 is 0. The number of carbonyl (C=O) groups is 1. The van der Waals surface area contributed by atoms with Gasteiger partial charge in [0.15, 0.2) is 23.3 Å². The van der Waals surface area contributed by atoms with E-state index in [1.54, 1.807) is 0 Å². The van der Waals surface area contributed by atoms with Crippen LogP contribution in [0.1, 0.15) is 10.4 Å². The van der Waals surface area contributed by atoms with Gasteiger partial charge in [-0.15, -0.1) is 0 Å². The maximum atomic E-state index is 13.4. The molecular formula is C10H3F4N5O. The largest absolute Gasteiger partial charge is 0.365 e.